The van der Waals surface area contributed by atoms with Crippen LogP contribution in [0.25, 0.3) is 0 Å². The van der Waals surface area contributed by atoms with Crippen LogP contribution in [0.1, 0.15) is 33.6 Å². The monoisotopic (exact) mass is 152 g/mol. The first-order valence-electron chi connectivity index (χ1n) is 3.92. The number of unbranched alkanes of at least 4 members (excludes halogenated alkanes) is 1. The van der Waals surface area contributed by atoms with Gasteiger partial charge in [-0.25, -0.2) is 0 Å². The molecular weight excluding hydrogens is 136 g/mol. The van der Waals surface area contributed by atoms with Gasteiger partial charge in [0, 0.05) is 0 Å². The lowest BCUT2D eigenvalue weighted by Crippen LogP contribution is -1.76. The molecule has 0 saturated carbocycles. The van der Waals surface area contributed by atoms with Crippen molar-refractivity contribution in [2.75, 3.05) is 0 Å². The van der Waals surface area contributed by atoms with E-state index in [0.717, 1.165) is 24.7 Å². The third-order valence-electron chi connectivity index (χ3n) is 1.37. The minimum absolute atomic E-state index is 0.826. The van der Waals surface area contributed by atoms with Crippen LogP contribution in [0.4, 0.5) is 0 Å². The Hall–Kier alpha value is -0.850. The van der Waals surface area contributed by atoms with E-state index in [9.17, 15) is 4.79 Å². The van der Waals surface area contributed by atoms with Crippen molar-refractivity contribution < 1.29 is 4.79 Å². The largest absolute Gasteiger partial charge is 0.298 e. The van der Waals surface area contributed by atoms with Gasteiger partial charge in [0.15, 0.2) is 0 Å². The molecule has 0 aromatic rings. The molecular formula is C10H16O. The van der Waals surface area contributed by atoms with Crippen LogP contribution < -0.4 is 0 Å². The molecule has 0 fully saturated rings. The van der Waals surface area contributed by atoms with Crippen molar-refractivity contribution >= 4 is 6.29 Å². The minimum atomic E-state index is 0.826. The van der Waals surface area contributed by atoms with Crippen LogP contribution in [0.5, 0.6) is 0 Å². The molecule has 0 aliphatic carbocycles. The second-order valence-electron chi connectivity index (χ2n) is 2.92. The third kappa shape index (κ3) is 7.04. The predicted molar refractivity (Wildman–Crippen MR) is 48.5 cm³/mol. The van der Waals surface area contributed by atoms with Gasteiger partial charge in [-0.1, -0.05) is 17.7 Å². The maximum atomic E-state index is 10.1. The number of carbonyl (C=O) groups is 1. The fraction of sp³-hybridized carbons (Fsp3) is 0.500. The molecule has 0 N–H and O–H groups in total. The molecule has 0 aromatic carbocycles. The van der Waals surface area contributed by atoms with Crippen LogP contribution in [-0.2, 0) is 4.79 Å². The van der Waals surface area contributed by atoms with E-state index >= 15 is 0 Å². The van der Waals surface area contributed by atoms with Gasteiger partial charge < -0.3 is 0 Å². The Morgan fingerprint density at radius 1 is 1.09 bits per heavy atom. The Labute approximate surface area is 68.8 Å². The second-order valence-corrected chi connectivity index (χ2v) is 2.92. The van der Waals surface area contributed by atoms with E-state index in [2.05, 4.69) is 19.9 Å². The molecule has 0 saturated heterocycles. The average Bonchev–Trinajstić information content (AvgIpc) is 1.97. The first kappa shape index (κ1) is 10.2. The highest BCUT2D eigenvalue weighted by atomic mass is 16.1. The maximum absolute atomic E-state index is 10.1. The van der Waals surface area contributed by atoms with Gasteiger partial charge in [-0.15, -0.1) is 0 Å². The van der Waals surface area contributed by atoms with Gasteiger partial charge in [-0.05, 0) is 39.2 Å². The summed E-state index contributed by atoms with van der Waals surface area (Å²) >= 11 is 0. The van der Waals surface area contributed by atoms with Crippen LogP contribution in [-0.4, -0.2) is 6.29 Å². The standard InChI is InChI=1S/C10H16O/c1-9(2)6-4-5-7-10(3)8-11/h6-8H,4-5H2,1-3H3/b10-7-. The lowest BCUT2D eigenvalue weighted by atomic mass is 10.2. The Balaban J connectivity index is 3.57. The molecule has 0 radical (unpaired) electrons. The Kier molecular flexibility index (Phi) is 5.44. The first-order valence-corrected chi connectivity index (χ1v) is 3.92. The lowest BCUT2D eigenvalue weighted by Gasteiger charge is -1.90. The summed E-state index contributed by atoms with van der Waals surface area (Å²) in [6.45, 7) is 5.99. The number of hydrogen-bond acceptors (Lipinski definition) is 1. The molecule has 0 amide bonds. The molecule has 0 aliphatic heterocycles. The minimum Gasteiger partial charge on any atom is -0.298 e. The molecule has 1 heteroatoms. The van der Waals surface area contributed by atoms with Crippen LogP contribution in [0.3, 0.4) is 0 Å². The predicted octanol–water partition coefficient (Wildman–Crippen LogP) is 2.88. The van der Waals surface area contributed by atoms with Crippen molar-refractivity contribution in [3.05, 3.63) is 23.3 Å². The summed E-state index contributed by atoms with van der Waals surface area (Å²) in [5.74, 6) is 0. The van der Waals surface area contributed by atoms with E-state index in [1.165, 1.54) is 5.57 Å². The van der Waals surface area contributed by atoms with Crippen molar-refractivity contribution in [3.63, 3.8) is 0 Å². The van der Waals surface area contributed by atoms with Gasteiger partial charge in [-0.3, -0.25) is 4.79 Å². The van der Waals surface area contributed by atoms with E-state index in [4.69, 9.17) is 0 Å². The summed E-state index contributed by atoms with van der Waals surface area (Å²) in [6, 6.07) is 0. The summed E-state index contributed by atoms with van der Waals surface area (Å²) in [7, 11) is 0. The molecule has 62 valence electrons. The van der Waals surface area contributed by atoms with Crippen LogP contribution in [0.2, 0.25) is 0 Å². The highest BCUT2D eigenvalue weighted by Crippen LogP contribution is 1.99. The van der Waals surface area contributed by atoms with Gasteiger partial charge in [0.1, 0.15) is 6.29 Å². The molecule has 0 bridgehead atoms. The zero-order chi connectivity index (χ0) is 8.69. The van der Waals surface area contributed by atoms with Crippen molar-refractivity contribution in [2.45, 2.75) is 33.6 Å². The molecule has 0 spiro atoms. The number of allylic oxidation sites excluding steroid dienone is 4. The zero-order valence-corrected chi connectivity index (χ0v) is 7.55. The summed E-state index contributed by atoms with van der Waals surface area (Å²) < 4.78 is 0. The van der Waals surface area contributed by atoms with Crippen molar-refractivity contribution in [3.8, 4) is 0 Å². The van der Waals surface area contributed by atoms with Gasteiger partial charge in [0.25, 0.3) is 0 Å². The zero-order valence-electron chi connectivity index (χ0n) is 7.55. The molecule has 1 nitrogen and oxygen atoms in total. The van der Waals surface area contributed by atoms with E-state index in [0.29, 0.717) is 0 Å². The summed E-state index contributed by atoms with van der Waals surface area (Å²) in [4.78, 5) is 10.1. The van der Waals surface area contributed by atoms with Crippen molar-refractivity contribution in [2.24, 2.45) is 0 Å². The van der Waals surface area contributed by atoms with Crippen LogP contribution >= 0.6 is 0 Å². The molecule has 0 unspecified atom stereocenters. The van der Waals surface area contributed by atoms with Gasteiger partial charge in [0.2, 0.25) is 0 Å². The van der Waals surface area contributed by atoms with Gasteiger partial charge in [0.05, 0.1) is 0 Å². The lowest BCUT2D eigenvalue weighted by molar-refractivity contribution is -0.104. The quantitative estimate of drug-likeness (QED) is 0.262. The fourth-order valence-corrected chi connectivity index (χ4v) is 0.731. The van der Waals surface area contributed by atoms with Crippen LogP contribution in [0, 0.1) is 0 Å². The molecule has 0 atom stereocenters. The maximum Gasteiger partial charge on any atom is 0.145 e. The number of rotatable bonds is 4. The highest BCUT2D eigenvalue weighted by molar-refractivity contribution is 5.71. The second kappa shape index (κ2) is 5.90. The smallest absolute Gasteiger partial charge is 0.145 e. The summed E-state index contributed by atoms with van der Waals surface area (Å²) in [5.41, 5.74) is 2.16. The Bertz CT molecular complexity index is 171. The molecule has 0 aromatic heterocycles. The molecule has 0 rings (SSSR count). The van der Waals surface area contributed by atoms with Crippen LogP contribution in [0.15, 0.2) is 23.3 Å². The number of carbonyl (C=O) groups excluding carboxylic acids is 1. The van der Waals surface area contributed by atoms with E-state index < -0.39 is 0 Å². The van der Waals surface area contributed by atoms with Crippen molar-refractivity contribution in [1.29, 1.82) is 0 Å². The number of aldehydes is 1. The average molecular weight is 152 g/mol. The topological polar surface area (TPSA) is 17.1 Å². The van der Waals surface area contributed by atoms with Gasteiger partial charge >= 0.3 is 0 Å². The normalized spacial score (nSPS) is 11.0. The summed E-state index contributed by atoms with van der Waals surface area (Å²) in [6.07, 6.45) is 7.03. The molecule has 11 heavy (non-hydrogen) atoms. The first-order chi connectivity index (χ1) is 5.16. The van der Waals surface area contributed by atoms with E-state index in [-0.39, 0.29) is 0 Å². The molecule has 0 aliphatic rings. The molecule has 0 heterocycles. The Morgan fingerprint density at radius 2 is 1.64 bits per heavy atom. The number of hydrogen-bond donors (Lipinski definition) is 0. The van der Waals surface area contributed by atoms with E-state index in [1.54, 1.807) is 0 Å². The summed E-state index contributed by atoms with van der Waals surface area (Å²) in [5, 5.41) is 0. The Morgan fingerprint density at radius 3 is 2.09 bits per heavy atom. The van der Waals surface area contributed by atoms with Gasteiger partial charge in [-0.2, -0.15) is 0 Å². The third-order valence-corrected chi connectivity index (χ3v) is 1.37. The van der Waals surface area contributed by atoms with Crippen molar-refractivity contribution in [1.82, 2.24) is 0 Å². The fourth-order valence-electron chi connectivity index (χ4n) is 0.731. The SMILES string of the molecule is CC(C)=CCC/C=C(/C)C=O. The highest BCUT2D eigenvalue weighted by Gasteiger charge is 1.83. The van der Waals surface area contributed by atoms with E-state index in [1.807, 2.05) is 13.0 Å².